The van der Waals surface area contributed by atoms with Crippen LogP contribution in [0.25, 0.3) is 0 Å². The number of para-hydroxylation sites is 1. The second-order valence-electron chi connectivity index (χ2n) is 8.50. The van der Waals surface area contributed by atoms with Crippen LogP contribution in [0.5, 0.6) is 0 Å². The third kappa shape index (κ3) is 4.34. The summed E-state index contributed by atoms with van der Waals surface area (Å²) < 4.78 is 66.8. The Bertz CT molecular complexity index is 1290. The Hall–Kier alpha value is -3.87. The van der Waals surface area contributed by atoms with E-state index in [-0.39, 0.29) is 13.1 Å². The molecule has 0 spiro atoms. The van der Waals surface area contributed by atoms with E-state index in [9.17, 15) is 22.0 Å². The summed E-state index contributed by atoms with van der Waals surface area (Å²) in [6.07, 6.45) is 0. The van der Waals surface area contributed by atoms with E-state index in [0.717, 1.165) is 29.1 Å². The van der Waals surface area contributed by atoms with Gasteiger partial charge in [-0.15, -0.1) is 0 Å². The van der Waals surface area contributed by atoms with Gasteiger partial charge in [-0.3, -0.25) is 0 Å². The van der Waals surface area contributed by atoms with Crippen LogP contribution in [0.15, 0.2) is 78.9 Å². The van der Waals surface area contributed by atoms with Crippen LogP contribution in [-0.2, 0) is 26.2 Å². The number of benzene rings is 4. The molecule has 7 heteroatoms. The van der Waals surface area contributed by atoms with Crippen LogP contribution in [0.3, 0.4) is 0 Å². The molecule has 4 aromatic rings. The minimum atomic E-state index is -2.14. The van der Waals surface area contributed by atoms with Gasteiger partial charge in [0.15, 0.2) is 23.3 Å². The third-order valence-electron chi connectivity index (χ3n) is 6.31. The number of hydrogen-bond acceptors (Lipinski definition) is 2. The van der Waals surface area contributed by atoms with Crippen LogP contribution >= 0.6 is 0 Å². The Morgan fingerprint density at radius 3 is 1.17 bits per heavy atom. The molecule has 2 nitrogen and oxygen atoms in total. The van der Waals surface area contributed by atoms with Crippen LogP contribution in [0, 0.1) is 29.1 Å². The van der Waals surface area contributed by atoms with Crippen molar-refractivity contribution in [3.8, 4) is 0 Å². The van der Waals surface area contributed by atoms with Gasteiger partial charge in [-0.2, -0.15) is 0 Å². The Kier molecular flexibility index (Phi) is 6.16. The van der Waals surface area contributed by atoms with Gasteiger partial charge in [0.2, 0.25) is 5.82 Å². The smallest absolute Gasteiger partial charge is 0.200 e. The lowest BCUT2D eigenvalue weighted by Gasteiger charge is -2.20. The first-order chi connectivity index (χ1) is 16.9. The summed E-state index contributed by atoms with van der Waals surface area (Å²) in [5.74, 6) is -9.58. The number of fused-ring (bicyclic) bond motifs is 2. The van der Waals surface area contributed by atoms with Crippen molar-refractivity contribution in [2.75, 3.05) is 9.80 Å². The normalized spacial score (nSPS) is 13.9. The molecule has 0 aliphatic carbocycles. The molecule has 0 radical (unpaired) electrons. The van der Waals surface area contributed by atoms with Gasteiger partial charge in [0.05, 0.1) is 0 Å². The molecule has 2 heterocycles. The zero-order valence-corrected chi connectivity index (χ0v) is 18.6. The van der Waals surface area contributed by atoms with Gasteiger partial charge in [-0.1, -0.05) is 66.7 Å². The number of nitrogens with zero attached hydrogens (tertiary/aromatic N) is 2. The maximum Gasteiger partial charge on any atom is 0.200 e. The molecule has 2 aliphatic heterocycles. The minimum absolute atomic E-state index is 0.106. The first-order valence-corrected chi connectivity index (χ1v) is 11.1. The summed E-state index contributed by atoms with van der Waals surface area (Å²) in [5, 5.41) is 0. The molecule has 0 saturated carbocycles. The average Bonchev–Trinajstić information content (AvgIpc) is 3.52. The van der Waals surface area contributed by atoms with Crippen molar-refractivity contribution in [3.63, 3.8) is 0 Å². The maximum absolute atomic E-state index is 13.7. The van der Waals surface area contributed by atoms with Crippen molar-refractivity contribution in [3.05, 3.63) is 130 Å². The largest absolute Gasteiger partial charge is 0.363 e. The van der Waals surface area contributed by atoms with Gasteiger partial charge in [0, 0.05) is 31.9 Å². The third-order valence-corrected chi connectivity index (χ3v) is 6.31. The molecule has 0 unspecified atom stereocenters. The number of halogens is 5. The lowest BCUT2D eigenvalue weighted by atomic mass is 10.1. The fourth-order valence-corrected chi connectivity index (χ4v) is 4.52. The van der Waals surface area contributed by atoms with E-state index in [1.54, 1.807) is 24.3 Å². The summed E-state index contributed by atoms with van der Waals surface area (Å²) >= 11 is 0. The summed E-state index contributed by atoms with van der Waals surface area (Å²) in [5.41, 5.74) is 4.96. The van der Waals surface area contributed by atoms with Crippen LogP contribution < -0.4 is 9.80 Å². The lowest BCUT2D eigenvalue weighted by molar-refractivity contribution is 0.378. The Labute approximate surface area is 199 Å². The van der Waals surface area contributed by atoms with Crippen molar-refractivity contribution < 1.29 is 22.0 Å². The molecule has 35 heavy (non-hydrogen) atoms. The molecule has 2 aliphatic rings. The quantitative estimate of drug-likeness (QED) is 0.171. The molecular weight excluding hydrogens is 459 g/mol. The molecule has 4 aromatic carbocycles. The van der Waals surface area contributed by atoms with Crippen molar-refractivity contribution >= 4 is 11.4 Å². The fourth-order valence-electron chi connectivity index (χ4n) is 4.52. The summed E-state index contributed by atoms with van der Waals surface area (Å²) in [6.45, 7) is 2.30. The molecule has 0 fully saturated rings. The SMILES string of the molecule is Fc1c(F)c(F)c(N2Cc3ccccc3C2)c(F)c1F.c1ccc(N2Cc3ccccc3C2)cc1. The van der Waals surface area contributed by atoms with Gasteiger partial charge in [-0.25, -0.2) is 22.0 Å². The van der Waals surface area contributed by atoms with E-state index in [2.05, 4.69) is 59.5 Å². The Morgan fingerprint density at radius 2 is 0.743 bits per heavy atom. The molecule has 6 rings (SSSR count). The topological polar surface area (TPSA) is 6.48 Å². The van der Waals surface area contributed by atoms with Gasteiger partial charge >= 0.3 is 0 Å². The zero-order chi connectivity index (χ0) is 24.5. The predicted molar refractivity (Wildman–Crippen MR) is 125 cm³/mol. The fraction of sp³-hybridized carbons (Fsp3) is 0.143. The Balaban J connectivity index is 0.000000151. The van der Waals surface area contributed by atoms with Crippen molar-refractivity contribution in [1.29, 1.82) is 0 Å². The highest BCUT2D eigenvalue weighted by Gasteiger charge is 2.31. The minimum Gasteiger partial charge on any atom is -0.363 e. The van der Waals surface area contributed by atoms with Gasteiger partial charge < -0.3 is 9.80 Å². The number of hydrogen-bond donors (Lipinski definition) is 0. The van der Waals surface area contributed by atoms with Crippen LogP contribution in [-0.4, -0.2) is 0 Å². The van der Waals surface area contributed by atoms with E-state index in [1.165, 1.54) is 16.8 Å². The second-order valence-corrected chi connectivity index (χ2v) is 8.50. The summed E-state index contributed by atoms with van der Waals surface area (Å²) in [7, 11) is 0. The van der Waals surface area contributed by atoms with E-state index in [4.69, 9.17) is 0 Å². The zero-order valence-electron chi connectivity index (χ0n) is 18.6. The van der Waals surface area contributed by atoms with Crippen LogP contribution in [0.4, 0.5) is 33.3 Å². The molecule has 0 amide bonds. The maximum atomic E-state index is 13.7. The first-order valence-electron chi connectivity index (χ1n) is 11.1. The van der Waals surface area contributed by atoms with E-state index < -0.39 is 34.8 Å². The molecular formula is C28H21F5N2. The van der Waals surface area contributed by atoms with E-state index in [1.807, 2.05) is 0 Å². The standard InChI is InChI=1S/C14H8F5N.C14H13N/c15-9-10(16)12(18)14(13(19)11(9)17)20-5-7-3-1-2-4-8(7)6-20;1-2-8-14(9-3-1)15-10-12-6-4-5-7-13(12)11-15/h1-4H,5-6H2;1-9H,10-11H2. The van der Waals surface area contributed by atoms with Gasteiger partial charge in [-0.05, 0) is 34.4 Å². The highest BCUT2D eigenvalue weighted by Crippen LogP contribution is 2.35. The van der Waals surface area contributed by atoms with Gasteiger partial charge in [0.1, 0.15) is 5.69 Å². The number of anilines is 2. The van der Waals surface area contributed by atoms with Crippen molar-refractivity contribution in [2.45, 2.75) is 26.2 Å². The molecule has 0 N–H and O–H groups in total. The molecule has 0 saturated heterocycles. The molecule has 0 atom stereocenters. The highest BCUT2D eigenvalue weighted by molar-refractivity contribution is 5.55. The number of rotatable bonds is 2. The molecule has 178 valence electrons. The van der Waals surface area contributed by atoms with E-state index in [0.29, 0.717) is 0 Å². The average molecular weight is 480 g/mol. The monoisotopic (exact) mass is 480 g/mol. The van der Waals surface area contributed by atoms with Crippen LogP contribution in [0.1, 0.15) is 22.3 Å². The predicted octanol–water partition coefficient (Wildman–Crippen LogP) is 7.11. The lowest BCUT2D eigenvalue weighted by Crippen LogP contribution is -2.20. The molecule has 0 aromatic heterocycles. The van der Waals surface area contributed by atoms with E-state index >= 15 is 0 Å². The van der Waals surface area contributed by atoms with Crippen LogP contribution in [0.2, 0.25) is 0 Å². The summed E-state index contributed by atoms with van der Waals surface area (Å²) in [6, 6.07) is 26.3. The van der Waals surface area contributed by atoms with Crippen molar-refractivity contribution in [2.24, 2.45) is 0 Å². The van der Waals surface area contributed by atoms with Crippen molar-refractivity contribution in [1.82, 2.24) is 0 Å². The Morgan fingerprint density at radius 1 is 0.400 bits per heavy atom. The second kappa shape index (κ2) is 9.41. The first kappa shape index (κ1) is 22.9. The molecule has 0 bridgehead atoms. The van der Waals surface area contributed by atoms with Gasteiger partial charge in [0.25, 0.3) is 0 Å². The summed E-state index contributed by atoms with van der Waals surface area (Å²) in [4.78, 5) is 3.55. The highest BCUT2D eigenvalue weighted by atomic mass is 19.2.